The first-order valence-electron chi connectivity index (χ1n) is 9.05. The van der Waals surface area contributed by atoms with Gasteiger partial charge in [0.25, 0.3) is 15.9 Å². The molecule has 9 heteroatoms. The maximum absolute atomic E-state index is 12.9. The Balaban J connectivity index is 1.94. The van der Waals surface area contributed by atoms with Gasteiger partial charge in [-0.2, -0.15) is 0 Å². The van der Waals surface area contributed by atoms with E-state index in [0.29, 0.717) is 18.5 Å². The van der Waals surface area contributed by atoms with Crippen LogP contribution >= 0.6 is 11.6 Å². The van der Waals surface area contributed by atoms with Crippen LogP contribution in [0.25, 0.3) is 0 Å². The van der Waals surface area contributed by atoms with Gasteiger partial charge in [0.1, 0.15) is 0 Å². The summed E-state index contributed by atoms with van der Waals surface area (Å²) in [5, 5.41) is 0.185. The van der Waals surface area contributed by atoms with Crippen LogP contribution in [0.3, 0.4) is 0 Å². The second-order valence-electron chi connectivity index (χ2n) is 7.06. The molecule has 0 radical (unpaired) electrons. The highest BCUT2D eigenvalue weighted by Crippen LogP contribution is 2.31. The molecule has 154 valence electrons. The van der Waals surface area contributed by atoms with Gasteiger partial charge in [0.05, 0.1) is 15.6 Å². The number of rotatable bonds is 4. The van der Waals surface area contributed by atoms with Crippen LogP contribution in [0.1, 0.15) is 29.3 Å². The summed E-state index contributed by atoms with van der Waals surface area (Å²) in [6.45, 7) is 2.11. The van der Waals surface area contributed by atoms with Gasteiger partial charge in [-0.1, -0.05) is 11.6 Å². The highest BCUT2D eigenvalue weighted by atomic mass is 35.5. The third-order valence-electron chi connectivity index (χ3n) is 4.72. The first kappa shape index (κ1) is 21.1. The summed E-state index contributed by atoms with van der Waals surface area (Å²) in [5.41, 5.74) is 1.98. The minimum absolute atomic E-state index is 0.0713. The third-order valence-corrected chi connectivity index (χ3v) is 6.42. The number of fused-ring (bicyclic) bond motifs is 1. The number of aryl methyl sites for hydroxylation is 1. The fraction of sp³-hybridized carbons (Fsp3) is 0.300. The molecule has 1 aliphatic rings. The van der Waals surface area contributed by atoms with Crippen LogP contribution in [0.2, 0.25) is 5.02 Å². The molecule has 0 fully saturated rings. The molecule has 2 amide bonds. The molecule has 1 heterocycles. The van der Waals surface area contributed by atoms with E-state index in [0.717, 1.165) is 17.7 Å². The zero-order valence-corrected chi connectivity index (χ0v) is 18.0. The maximum Gasteiger partial charge on any atom is 0.261 e. The lowest BCUT2D eigenvalue weighted by Crippen LogP contribution is -2.33. The summed E-state index contributed by atoms with van der Waals surface area (Å²) < 4.78 is 28.3. The Morgan fingerprint density at radius 2 is 1.86 bits per heavy atom. The number of anilines is 2. The topological polar surface area (TPSA) is 86.8 Å². The number of hydrogen-bond acceptors (Lipinski definition) is 4. The smallest absolute Gasteiger partial charge is 0.261 e. The number of halogens is 1. The van der Waals surface area contributed by atoms with E-state index in [9.17, 15) is 18.0 Å². The van der Waals surface area contributed by atoms with Crippen LogP contribution in [0.5, 0.6) is 0 Å². The van der Waals surface area contributed by atoms with Crippen molar-refractivity contribution in [3.8, 4) is 0 Å². The number of sulfonamides is 1. The third kappa shape index (κ3) is 4.38. The highest BCUT2D eigenvalue weighted by molar-refractivity contribution is 7.92. The number of nitrogens with one attached hydrogen (secondary N) is 1. The second-order valence-corrected chi connectivity index (χ2v) is 9.15. The summed E-state index contributed by atoms with van der Waals surface area (Å²) in [6, 6.07) is 9.13. The molecule has 7 nitrogen and oxygen atoms in total. The van der Waals surface area contributed by atoms with Gasteiger partial charge < -0.3 is 9.80 Å². The highest BCUT2D eigenvalue weighted by Gasteiger charge is 2.24. The molecule has 0 aliphatic carbocycles. The molecule has 1 N–H and O–H groups in total. The van der Waals surface area contributed by atoms with Gasteiger partial charge in [0.15, 0.2) is 0 Å². The predicted octanol–water partition coefficient (Wildman–Crippen LogP) is 3.14. The minimum Gasteiger partial charge on any atom is -0.345 e. The Labute approximate surface area is 175 Å². The molecule has 0 saturated heterocycles. The molecule has 0 bridgehead atoms. The minimum atomic E-state index is -3.93. The average molecular weight is 436 g/mol. The quantitative estimate of drug-likeness (QED) is 0.799. The summed E-state index contributed by atoms with van der Waals surface area (Å²) >= 11 is 6.15. The summed E-state index contributed by atoms with van der Waals surface area (Å²) in [7, 11) is -0.714. The molecule has 2 aromatic rings. The van der Waals surface area contributed by atoms with E-state index < -0.39 is 10.0 Å². The number of carbonyl (C=O) groups excluding carboxylic acids is 2. The van der Waals surface area contributed by atoms with E-state index >= 15 is 0 Å². The van der Waals surface area contributed by atoms with Crippen molar-refractivity contribution in [3.05, 3.63) is 52.5 Å². The Hall–Kier alpha value is -2.58. The monoisotopic (exact) mass is 435 g/mol. The Morgan fingerprint density at radius 1 is 1.14 bits per heavy atom. The van der Waals surface area contributed by atoms with E-state index in [1.165, 1.54) is 36.1 Å². The van der Waals surface area contributed by atoms with Gasteiger partial charge in [-0.05, 0) is 54.8 Å². The summed E-state index contributed by atoms with van der Waals surface area (Å²) in [6.07, 6.45) is 1.46. The SMILES string of the molecule is CC(=O)N1CCCc2cc(S(=O)(=O)Nc3cc(C(=O)N(C)C)ccc3Cl)ccc21. The molecule has 0 atom stereocenters. The van der Waals surface area contributed by atoms with Crippen LogP contribution < -0.4 is 9.62 Å². The number of benzene rings is 2. The number of amides is 2. The van der Waals surface area contributed by atoms with E-state index in [-0.39, 0.29) is 27.4 Å². The first-order chi connectivity index (χ1) is 13.6. The van der Waals surface area contributed by atoms with Gasteiger partial charge in [0.2, 0.25) is 5.91 Å². The van der Waals surface area contributed by atoms with Gasteiger partial charge in [-0.3, -0.25) is 14.3 Å². The molecule has 0 saturated carbocycles. The molecule has 0 unspecified atom stereocenters. The first-order valence-corrected chi connectivity index (χ1v) is 10.9. The van der Waals surface area contributed by atoms with Crippen LogP contribution in [0.4, 0.5) is 11.4 Å². The molecule has 3 rings (SSSR count). The molecule has 0 spiro atoms. The molecule has 2 aromatic carbocycles. The molecule has 1 aliphatic heterocycles. The van der Waals surface area contributed by atoms with Crippen molar-refractivity contribution < 1.29 is 18.0 Å². The van der Waals surface area contributed by atoms with Crippen LogP contribution in [-0.2, 0) is 21.2 Å². The van der Waals surface area contributed by atoms with Crippen LogP contribution in [0.15, 0.2) is 41.3 Å². The average Bonchev–Trinajstić information content (AvgIpc) is 2.67. The zero-order valence-electron chi connectivity index (χ0n) is 16.4. The van der Waals surface area contributed by atoms with Crippen molar-refractivity contribution in [1.82, 2.24) is 4.90 Å². The van der Waals surface area contributed by atoms with Crippen molar-refractivity contribution in [2.75, 3.05) is 30.3 Å². The largest absolute Gasteiger partial charge is 0.345 e. The molecule has 0 aromatic heterocycles. The van der Waals surface area contributed by atoms with E-state index in [2.05, 4.69) is 4.72 Å². The standard InChI is InChI=1S/C20H22ClN3O4S/c1-13(25)24-10-4-5-14-11-16(7-9-19(14)24)29(27,28)22-18-12-15(6-8-17(18)21)20(26)23(2)3/h6-9,11-12,22H,4-5,10H2,1-3H3. The lowest BCUT2D eigenvalue weighted by atomic mass is 10.0. The fourth-order valence-corrected chi connectivity index (χ4v) is 4.61. The van der Waals surface area contributed by atoms with Crippen molar-refractivity contribution in [2.45, 2.75) is 24.7 Å². The Bertz CT molecular complexity index is 1080. The maximum atomic E-state index is 12.9. The van der Waals surface area contributed by atoms with Crippen LogP contribution in [0, 0.1) is 0 Å². The zero-order chi connectivity index (χ0) is 21.3. The summed E-state index contributed by atoms with van der Waals surface area (Å²) in [5.74, 6) is -0.339. The lowest BCUT2D eigenvalue weighted by molar-refractivity contribution is -0.116. The number of nitrogens with zero attached hydrogens (tertiary/aromatic N) is 2. The van der Waals surface area contributed by atoms with Crippen molar-refractivity contribution in [2.24, 2.45) is 0 Å². The number of carbonyl (C=O) groups is 2. The predicted molar refractivity (Wildman–Crippen MR) is 113 cm³/mol. The Kier molecular flexibility index (Phi) is 5.86. The van der Waals surface area contributed by atoms with E-state index in [4.69, 9.17) is 11.6 Å². The van der Waals surface area contributed by atoms with Crippen molar-refractivity contribution in [3.63, 3.8) is 0 Å². The second kappa shape index (κ2) is 8.04. The van der Waals surface area contributed by atoms with E-state index in [1.54, 1.807) is 31.1 Å². The molecular formula is C20H22ClN3O4S. The number of hydrogen-bond donors (Lipinski definition) is 1. The van der Waals surface area contributed by atoms with Crippen LogP contribution in [-0.4, -0.2) is 45.8 Å². The molecule has 29 heavy (non-hydrogen) atoms. The van der Waals surface area contributed by atoms with E-state index in [1.807, 2.05) is 0 Å². The lowest BCUT2D eigenvalue weighted by Gasteiger charge is -2.28. The normalized spacial score (nSPS) is 13.6. The summed E-state index contributed by atoms with van der Waals surface area (Å²) in [4.78, 5) is 27.1. The van der Waals surface area contributed by atoms with Gasteiger partial charge in [-0.15, -0.1) is 0 Å². The van der Waals surface area contributed by atoms with Crippen molar-refractivity contribution >= 4 is 44.8 Å². The fourth-order valence-electron chi connectivity index (χ4n) is 3.27. The van der Waals surface area contributed by atoms with Gasteiger partial charge in [0, 0.05) is 38.8 Å². The molecular weight excluding hydrogens is 414 g/mol. The Morgan fingerprint density at radius 3 is 2.52 bits per heavy atom. The van der Waals surface area contributed by atoms with Crippen molar-refractivity contribution in [1.29, 1.82) is 0 Å². The van der Waals surface area contributed by atoms with Gasteiger partial charge in [-0.25, -0.2) is 8.42 Å². The van der Waals surface area contributed by atoms with Gasteiger partial charge >= 0.3 is 0 Å².